The summed E-state index contributed by atoms with van der Waals surface area (Å²) in [5.41, 5.74) is 7.38. The van der Waals surface area contributed by atoms with Crippen LogP contribution in [-0.4, -0.2) is 68.7 Å². The highest BCUT2D eigenvalue weighted by molar-refractivity contribution is 7.89. The van der Waals surface area contributed by atoms with Gasteiger partial charge in [-0.2, -0.15) is 4.31 Å². The lowest BCUT2D eigenvalue weighted by Gasteiger charge is -2.31. The Morgan fingerprint density at radius 1 is 1.02 bits per heavy atom. The molecule has 0 aliphatic carbocycles. The molecule has 0 fully saturated rings. The van der Waals surface area contributed by atoms with Crippen LogP contribution in [0.15, 0.2) is 71.6 Å². The van der Waals surface area contributed by atoms with Crippen molar-refractivity contribution < 1.29 is 36.6 Å². The van der Waals surface area contributed by atoms with Crippen molar-refractivity contribution in [3.63, 3.8) is 0 Å². The van der Waals surface area contributed by atoms with E-state index in [0.717, 1.165) is 18.2 Å². The number of halogens is 2. The number of carbonyl (C=O) groups excluding carboxylic acids is 2. The van der Waals surface area contributed by atoms with E-state index < -0.39 is 52.3 Å². The number of aliphatic hydroxyl groups excluding tert-OH is 1. The van der Waals surface area contributed by atoms with Gasteiger partial charge in [-0.1, -0.05) is 56.7 Å². The van der Waals surface area contributed by atoms with Crippen LogP contribution in [0.1, 0.15) is 38.7 Å². The molecule has 0 saturated heterocycles. The first-order valence-corrected chi connectivity index (χ1v) is 16.4. The molecule has 3 rings (SSSR count). The minimum Gasteiger partial charge on any atom is -0.453 e. The van der Waals surface area contributed by atoms with E-state index >= 15 is 0 Å². The van der Waals surface area contributed by atoms with Crippen LogP contribution in [0.4, 0.5) is 19.3 Å². The van der Waals surface area contributed by atoms with Crippen molar-refractivity contribution in [3.05, 3.63) is 83.9 Å². The van der Waals surface area contributed by atoms with Crippen molar-refractivity contribution in [2.75, 3.05) is 32.5 Å². The van der Waals surface area contributed by atoms with Gasteiger partial charge in [0.05, 0.1) is 24.3 Å². The summed E-state index contributed by atoms with van der Waals surface area (Å²) in [7, 11) is -2.91. The quantitative estimate of drug-likeness (QED) is 0.131. The number of unbranched alkanes of at least 4 members (excludes halogenated alkanes) is 1. The number of anilines is 1. The van der Waals surface area contributed by atoms with E-state index in [-0.39, 0.29) is 36.0 Å². The fourth-order valence-electron chi connectivity index (χ4n) is 5.05. The molecule has 0 bridgehead atoms. The van der Waals surface area contributed by atoms with Crippen LogP contribution < -0.4 is 16.4 Å². The van der Waals surface area contributed by atoms with Gasteiger partial charge >= 0.3 is 6.09 Å². The number of sulfonamides is 1. The van der Waals surface area contributed by atoms with E-state index in [0.29, 0.717) is 36.0 Å². The molecule has 0 unspecified atom stereocenters. The highest BCUT2D eigenvalue weighted by Gasteiger charge is 2.32. The standard InChI is InChI=1S/C33H42F2N4O6S/c1-22(2)20-39(46(43,44)27-14-15-29(35)30(36)19-27)26(21-40)12-6-7-16-37-32(41)31(38-33(42)45-3)18-24-9-4-5-13-28(24)23-10-8-11-25(34)17-23/h4-5,8-11,13-15,17,19,22,26,31,40H,6-7,12,16,18,20-21,36H2,1-3H3,(H,37,41)(H,38,42)/t26-,31-/m0/s1. The fraction of sp³-hybridized carbons (Fsp3) is 0.394. The molecule has 0 saturated carbocycles. The predicted molar refractivity (Wildman–Crippen MR) is 172 cm³/mol. The third-order valence-electron chi connectivity index (χ3n) is 7.37. The molecule has 2 atom stereocenters. The SMILES string of the molecule is COC(=O)N[C@@H](Cc1ccccc1-c1cccc(F)c1)C(=O)NCCCC[C@@H](CO)N(CC(C)C)S(=O)(=O)c1ccc(F)c(N)c1. The number of ether oxygens (including phenoxy) is 1. The van der Waals surface area contributed by atoms with Crippen LogP contribution in [0, 0.1) is 17.6 Å². The van der Waals surface area contributed by atoms with Gasteiger partial charge in [-0.25, -0.2) is 22.0 Å². The number of benzene rings is 3. The summed E-state index contributed by atoms with van der Waals surface area (Å²) in [4.78, 5) is 25.1. The number of nitrogen functional groups attached to an aromatic ring is 1. The highest BCUT2D eigenvalue weighted by atomic mass is 32.2. The second-order valence-electron chi connectivity index (χ2n) is 11.3. The third kappa shape index (κ3) is 9.96. The number of methoxy groups -OCH3 is 1. The first-order valence-electron chi connectivity index (χ1n) is 15.0. The summed E-state index contributed by atoms with van der Waals surface area (Å²) in [6.45, 7) is 3.60. The number of nitrogens with one attached hydrogen (secondary N) is 2. The van der Waals surface area contributed by atoms with Gasteiger partial charge in [-0.05, 0) is 65.8 Å². The van der Waals surface area contributed by atoms with E-state index in [1.54, 1.807) is 30.3 Å². The normalized spacial score (nSPS) is 13.0. The van der Waals surface area contributed by atoms with Crippen LogP contribution in [0.25, 0.3) is 11.1 Å². The number of hydrogen-bond acceptors (Lipinski definition) is 7. The Morgan fingerprint density at radius 2 is 1.76 bits per heavy atom. The number of nitrogens with two attached hydrogens (primary N) is 1. The van der Waals surface area contributed by atoms with Gasteiger partial charge in [0.25, 0.3) is 0 Å². The molecule has 0 aliphatic rings. The molecule has 0 radical (unpaired) electrons. The highest BCUT2D eigenvalue weighted by Crippen LogP contribution is 2.27. The molecule has 10 nitrogen and oxygen atoms in total. The molecule has 2 amide bonds. The zero-order chi connectivity index (χ0) is 33.9. The van der Waals surface area contributed by atoms with Gasteiger partial charge in [0.2, 0.25) is 15.9 Å². The molecule has 3 aromatic carbocycles. The van der Waals surface area contributed by atoms with E-state index in [1.165, 1.54) is 23.5 Å². The molecule has 0 heterocycles. The molecule has 46 heavy (non-hydrogen) atoms. The van der Waals surface area contributed by atoms with Crippen molar-refractivity contribution >= 4 is 27.7 Å². The number of rotatable bonds is 16. The maximum absolute atomic E-state index is 13.9. The first-order chi connectivity index (χ1) is 21.9. The Kier molecular flexibility index (Phi) is 13.5. The zero-order valence-electron chi connectivity index (χ0n) is 26.2. The first kappa shape index (κ1) is 36.4. The molecule has 5 N–H and O–H groups in total. The van der Waals surface area contributed by atoms with E-state index in [4.69, 9.17) is 10.5 Å². The third-order valence-corrected chi connectivity index (χ3v) is 9.29. The van der Waals surface area contributed by atoms with Gasteiger partial charge in [-0.15, -0.1) is 0 Å². The smallest absolute Gasteiger partial charge is 0.407 e. The second kappa shape index (κ2) is 17.0. The number of alkyl carbamates (subject to hydrolysis) is 1. The van der Waals surface area contributed by atoms with Crippen molar-refractivity contribution in [3.8, 4) is 11.1 Å². The van der Waals surface area contributed by atoms with Gasteiger partial charge < -0.3 is 26.2 Å². The van der Waals surface area contributed by atoms with E-state index in [2.05, 4.69) is 10.6 Å². The maximum atomic E-state index is 13.9. The number of nitrogens with zero attached hydrogens (tertiary/aromatic N) is 1. The van der Waals surface area contributed by atoms with Gasteiger partial charge in [0.1, 0.15) is 17.7 Å². The predicted octanol–water partition coefficient (Wildman–Crippen LogP) is 4.48. The van der Waals surface area contributed by atoms with Crippen molar-refractivity contribution in [1.82, 2.24) is 14.9 Å². The van der Waals surface area contributed by atoms with Crippen molar-refractivity contribution in [2.45, 2.75) is 56.5 Å². The largest absolute Gasteiger partial charge is 0.453 e. The number of aliphatic hydroxyl groups is 1. The average Bonchev–Trinajstić information content (AvgIpc) is 3.02. The molecular formula is C33H42F2N4O6S. The molecule has 0 spiro atoms. The van der Waals surface area contributed by atoms with Crippen LogP contribution in [0.2, 0.25) is 0 Å². The maximum Gasteiger partial charge on any atom is 0.407 e. The minimum atomic E-state index is -4.10. The zero-order valence-corrected chi connectivity index (χ0v) is 27.0. The Balaban J connectivity index is 1.66. The van der Waals surface area contributed by atoms with Crippen molar-refractivity contribution in [1.29, 1.82) is 0 Å². The number of carbonyl (C=O) groups is 2. The van der Waals surface area contributed by atoms with Crippen LogP contribution >= 0.6 is 0 Å². The minimum absolute atomic E-state index is 0.0637. The summed E-state index contributed by atoms with van der Waals surface area (Å²) in [6.07, 6.45) is 0.518. The van der Waals surface area contributed by atoms with E-state index in [9.17, 15) is 31.9 Å². The molecule has 0 aliphatic heterocycles. The van der Waals surface area contributed by atoms with Gasteiger partial charge in [0.15, 0.2) is 0 Å². The van der Waals surface area contributed by atoms with Crippen molar-refractivity contribution in [2.24, 2.45) is 5.92 Å². The van der Waals surface area contributed by atoms with Gasteiger partial charge in [0, 0.05) is 25.6 Å². The van der Waals surface area contributed by atoms with Crippen LogP contribution in [0.3, 0.4) is 0 Å². The van der Waals surface area contributed by atoms with Crippen LogP contribution in [-0.2, 0) is 26.0 Å². The topological polar surface area (TPSA) is 151 Å². The lowest BCUT2D eigenvalue weighted by Crippen LogP contribution is -2.48. The average molecular weight is 661 g/mol. The lowest BCUT2D eigenvalue weighted by molar-refractivity contribution is -0.123. The monoisotopic (exact) mass is 660 g/mol. The Morgan fingerprint density at radius 3 is 2.41 bits per heavy atom. The molecule has 13 heteroatoms. The Labute approximate surface area is 269 Å². The summed E-state index contributed by atoms with van der Waals surface area (Å²) in [6, 6.07) is 14.7. The second-order valence-corrected chi connectivity index (χ2v) is 13.2. The van der Waals surface area contributed by atoms with Gasteiger partial charge in [-0.3, -0.25) is 4.79 Å². The molecule has 0 aromatic heterocycles. The summed E-state index contributed by atoms with van der Waals surface area (Å²) in [5.74, 6) is -1.65. The molecular weight excluding hydrogens is 618 g/mol. The summed E-state index contributed by atoms with van der Waals surface area (Å²) < 4.78 is 60.6. The number of hydrogen-bond donors (Lipinski definition) is 4. The summed E-state index contributed by atoms with van der Waals surface area (Å²) >= 11 is 0. The lowest BCUT2D eigenvalue weighted by atomic mass is 9.94. The summed E-state index contributed by atoms with van der Waals surface area (Å²) in [5, 5.41) is 15.5. The molecule has 250 valence electrons. The number of amides is 2. The molecule has 3 aromatic rings. The van der Waals surface area contributed by atoms with E-state index in [1.807, 2.05) is 19.9 Å². The Hall–Kier alpha value is -4.07. The Bertz CT molecular complexity index is 1590. The fourth-order valence-corrected chi connectivity index (χ4v) is 6.90. The van der Waals surface area contributed by atoms with Crippen LogP contribution in [0.5, 0.6) is 0 Å².